The number of benzene rings is 3. The molecule has 3 aromatic carbocycles. The highest BCUT2D eigenvalue weighted by molar-refractivity contribution is 6.32. The molecule has 1 aromatic heterocycles. The summed E-state index contributed by atoms with van der Waals surface area (Å²) >= 11 is 6.51. The molecule has 0 fully saturated rings. The third-order valence-corrected chi connectivity index (χ3v) is 5.90. The van der Waals surface area contributed by atoms with Gasteiger partial charge in [-0.3, -0.25) is 14.2 Å². The Hall–Kier alpha value is -3.44. The number of amides is 1. The van der Waals surface area contributed by atoms with Gasteiger partial charge in [0.25, 0.3) is 11.5 Å². The van der Waals surface area contributed by atoms with Gasteiger partial charge in [-0.15, -0.1) is 0 Å². The van der Waals surface area contributed by atoms with Gasteiger partial charge in [0, 0.05) is 12.1 Å². The van der Waals surface area contributed by atoms with E-state index >= 15 is 0 Å². The summed E-state index contributed by atoms with van der Waals surface area (Å²) in [6.45, 7) is 6.55. The number of hydrogen-bond acceptors (Lipinski definition) is 3. The molecule has 0 N–H and O–H groups in total. The second-order valence-electron chi connectivity index (χ2n) is 8.47. The molecule has 0 radical (unpaired) electrons. The van der Waals surface area contributed by atoms with Gasteiger partial charge in [-0.05, 0) is 49.2 Å². The molecule has 4 rings (SSSR count). The maximum atomic E-state index is 13.7. The second-order valence-corrected chi connectivity index (χ2v) is 8.88. The Labute approximate surface area is 198 Å². The first-order valence-electron chi connectivity index (χ1n) is 11.0. The Morgan fingerprint density at radius 2 is 1.58 bits per heavy atom. The van der Waals surface area contributed by atoms with Crippen LogP contribution >= 0.6 is 11.6 Å². The number of carbonyl (C=O) groups is 1. The molecule has 1 heterocycles. The predicted molar refractivity (Wildman–Crippen MR) is 133 cm³/mol. The number of halogens is 1. The summed E-state index contributed by atoms with van der Waals surface area (Å²) in [7, 11) is 0. The molecule has 0 aliphatic carbocycles. The Morgan fingerprint density at radius 1 is 0.939 bits per heavy atom. The lowest BCUT2D eigenvalue weighted by molar-refractivity contribution is 0.0655. The number of para-hydroxylation sites is 2. The van der Waals surface area contributed by atoms with Crippen molar-refractivity contribution in [1.82, 2.24) is 14.5 Å². The molecule has 6 heteroatoms. The van der Waals surface area contributed by atoms with Gasteiger partial charge >= 0.3 is 0 Å². The fourth-order valence-electron chi connectivity index (χ4n) is 3.99. The lowest BCUT2D eigenvalue weighted by atomic mass is 10.1. The summed E-state index contributed by atoms with van der Waals surface area (Å²) in [4.78, 5) is 33.8. The minimum Gasteiger partial charge on any atom is -0.328 e. The zero-order valence-electron chi connectivity index (χ0n) is 18.9. The maximum absolute atomic E-state index is 13.7. The molecule has 1 atom stereocenters. The molecule has 4 aromatic rings. The van der Waals surface area contributed by atoms with Gasteiger partial charge in [-0.2, -0.15) is 0 Å². The standard InChI is InChI=1S/C27H26ClN3O2/c1-18(2)17-30(26(32)20-11-5-4-6-12-20)19(3)25-29-23-15-9-7-13-21(23)27(33)31(25)24-16-10-8-14-22(24)28/h4-16,18-19H,17H2,1-3H3. The van der Waals surface area contributed by atoms with E-state index in [9.17, 15) is 9.59 Å². The first-order valence-corrected chi connectivity index (χ1v) is 11.4. The van der Waals surface area contributed by atoms with Crippen LogP contribution in [0.3, 0.4) is 0 Å². The van der Waals surface area contributed by atoms with Crippen LogP contribution in [0.4, 0.5) is 0 Å². The quantitative estimate of drug-likeness (QED) is 0.360. The van der Waals surface area contributed by atoms with Gasteiger partial charge in [0.2, 0.25) is 0 Å². The van der Waals surface area contributed by atoms with Crippen LogP contribution in [0.25, 0.3) is 16.6 Å². The van der Waals surface area contributed by atoms with E-state index in [0.717, 1.165) is 0 Å². The minimum atomic E-state index is -0.478. The summed E-state index contributed by atoms with van der Waals surface area (Å²) in [6.07, 6.45) is 0. The van der Waals surface area contributed by atoms with Crippen LogP contribution in [0.15, 0.2) is 83.7 Å². The van der Waals surface area contributed by atoms with Crippen LogP contribution in [-0.4, -0.2) is 26.9 Å². The van der Waals surface area contributed by atoms with Crippen LogP contribution in [0, 0.1) is 5.92 Å². The van der Waals surface area contributed by atoms with Gasteiger partial charge < -0.3 is 4.90 Å². The van der Waals surface area contributed by atoms with E-state index < -0.39 is 6.04 Å². The first kappa shape index (κ1) is 22.7. The van der Waals surface area contributed by atoms with Crippen LogP contribution in [0.2, 0.25) is 5.02 Å². The van der Waals surface area contributed by atoms with Crippen molar-refractivity contribution in [3.63, 3.8) is 0 Å². The van der Waals surface area contributed by atoms with Crippen molar-refractivity contribution in [2.75, 3.05) is 6.54 Å². The highest BCUT2D eigenvalue weighted by atomic mass is 35.5. The van der Waals surface area contributed by atoms with Crippen molar-refractivity contribution < 1.29 is 4.79 Å². The van der Waals surface area contributed by atoms with Crippen molar-refractivity contribution in [1.29, 1.82) is 0 Å². The number of fused-ring (bicyclic) bond motifs is 1. The molecule has 1 unspecified atom stereocenters. The van der Waals surface area contributed by atoms with E-state index in [1.807, 2.05) is 55.5 Å². The highest BCUT2D eigenvalue weighted by Crippen LogP contribution is 2.28. The molecule has 5 nitrogen and oxygen atoms in total. The summed E-state index contributed by atoms with van der Waals surface area (Å²) in [5.41, 5.74) is 1.51. The van der Waals surface area contributed by atoms with E-state index in [4.69, 9.17) is 16.6 Å². The minimum absolute atomic E-state index is 0.107. The number of nitrogens with zero attached hydrogens (tertiary/aromatic N) is 3. The first-order chi connectivity index (χ1) is 15.9. The molecule has 168 valence electrons. The fourth-order valence-corrected chi connectivity index (χ4v) is 4.21. The third-order valence-electron chi connectivity index (χ3n) is 5.58. The van der Waals surface area contributed by atoms with Gasteiger partial charge in [-0.25, -0.2) is 4.98 Å². The lowest BCUT2D eigenvalue weighted by Crippen LogP contribution is -2.39. The van der Waals surface area contributed by atoms with Gasteiger partial charge in [0.15, 0.2) is 0 Å². The van der Waals surface area contributed by atoms with Crippen molar-refractivity contribution in [2.24, 2.45) is 5.92 Å². The van der Waals surface area contributed by atoms with Crippen LogP contribution in [0.1, 0.15) is 43.0 Å². The molecule has 0 spiro atoms. The largest absolute Gasteiger partial charge is 0.328 e. The monoisotopic (exact) mass is 459 g/mol. The molecule has 0 aliphatic rings. The van der Waals surface area contributed by atoms with E-state index in [1.165, 1.54) is 0 Å². The molecule has 1 amide bonds. The van der Waals surface area contributed by atoms with Gasteiger partial charge in [0.1, 0.15) is 5.82 Å². The smallest absolute Gasteiger partial charge is 0.266 e. The molecular weight excluding hydrogens is 434 g/mol. The van der Waals surface area contributed by atoms with Crippen LogP contribution in [0.5, 0.6) is 0 Å². The zero-order chi connectivity index (χ0) is 23.5. The maximum Gasteiger partial charge on any atom is 0.266 e. The molecular formula is C27H26ClN3O2. The molecule has 0 aliphatic heterocycles. The number of carbonyl (C=O) groups excluding carboxylic acids is 1. The fraction of sp³-hybridized carbons (Fsp3) is 0.222. The highest BCUT2D eigenvalue weighted by Gasteiger charge is 2.28. The zero-order valence-corrected chi connectivity index (χ0v) is 19.7. The Balaban J connectivity index is 1.94. The third kappa shape index (κ3) is 4.55. The van der Waals surface area contributed by atoms with E-state index in [0.29, 0.717) is 39.5 Å². The molecule has 0 saturated carbocycles. The Kier molecular flexibility index (Phi) is 6.61. The average molecular weight is 460 g/mol. The normalized spacial score (nSPS) is 12.2. The van der Waals surface area contributed by atoms with Crippen molar-refractivity contribution in [2.45, 2.75) is 26.8 Å². The van der Waals surface area contributed by atoms with Gasteiger partial charge in [-0.1, -0.05) is 67.9 Å². The Morgan fingerprint density at radius 3 is 2.27 bits per heavy atom. The second kappa shape index (κ2) is 9.59. The number of aromatic nitrogens is 2. The summed E-state index contributed by atoms with van der Waals surface area (Å²) in [5, 5.41) is 0.938. The molecule has 0 bridgehead atoms. The van der Waals surface area contributed by atoms with Crippen LogP contribution < -0.4 is 5.56 Å². The number of rotatable bonds is 6. The predicted octanol–water partition coefficient (Wildman–Crippen LogP) is 5.90. The topological polar surface area (TPSA) is 55.2 Å². The van der Waals surface area contributed by atoms with Gasteiger partial charge in [0.05, 0.1) is 27.7 Å². The average Bonchev–Trinajstić information content (AvgIpc) is 2.83. The number of hydrogen-bond donors (Lipinski definition) is 0. The SMILES string of the molecule is CC(C)CN(C(=O)c1ccccc1)C(C)c1nc2ccccc2c(=O)n1-c1ccccc1Cl. The molecule has 33 heavy (non-hydrogen) atoms. The van der Waals surface area contributed by atoms with Crippen molar-refractivity contribution in [3.05, 3.63) is 106 Å². The van der Waals surface area contributed by atoms with E-state index in [2.05, 4.69) is 13.8 Å². The summed E-state index contributed by atoms with van der Waals surface area (Å²) < 4.78 is 1.54. The Bertz CT molecular complexity index is 1350. The summed E-state index contributed by atoms with van der Waals surface area (Å²) in [5.74, 6) is 0.586. The lowest BCUT2D eigenvalue weighted by Gasteiger charge is -2.32. The van der Waals surface area contributed by atoms with Crippen molar-refractivity contribution in [3.8, 4) is 5.69 Å². The summed E-state index contributed by atoms with van der Waals surface area (Å²) in [6, 6.07) is 23.1. The molecule has 0 saturated heterocycles. The van der Waals surface area contributed by atoms with Crippen molar-refractivity contribution >= 4 is 28.4 Å². The van der Waals surface area contributed by atoms with Crippen LogP contribution in [-0.2, 0) is 0 Å². The van der Waals surface area contributed by atoms with E-state index in [-0.39, 0.29) is 17.4 Å². The van der Waals surface area contributed by atoms with E-state index in [1.54, 1.807) is 39.8 Å².